The molecule has 7 nitrogen and oxygen atoms in total. The number of rotatable bonds is 6. The Morgan fingerprint density at radius 1 is 1.10 bits per heavy atom. The van der Waals surface area contributed by atoms with Gasteiger partial charge in [0, 0.05) is 18.1 Å². The predicted octanol–water partition coefficient (Wildman–Crippen LogP) is 2.74. The van der Waals surface area contributed by atoms with Crippen LogP contribution in [-0.4, -0.2) is 27.8 Å². The molecule has 1 heterocycles. The van der Waals surface area contributed by atoms with Gasteiger partial charge in [-0.15, -0.1) is 0 Å². The zero-order chi connectivity index (χ0) is 21.0. The van der Waals surface area contributed by atoms with Crippen molar-refractivity contribution in [1.82, 2.24) is 9.78 Å². The van der Waals surface area contributed by atoms with Gasteiger partial charge in [0.1, 0.15) is 0 Å². The van der Waals surface area contributed by atoms with Crippen LogP contribution in [0.25, 0.3) is 10.8 Å². The number of esters is 1. The van der Waals surface area contributed by atoms with E-state index in [-0.39, 0.29) is 17.9 Å². The maximum absolute atomic E-state index is 12.5. The molecule has 0 spiro atoms. The van der Waals surface area contributed by atoms with Gasteiger partial charge in [-0.1, -0.05) is 42.8 Å². The molecule has 3 rings (SSSR count). The third kappa shape index (κ3) is 4.68. The number of fused-ring (bicyclic) bond motifs is 1. The van der Waals surface area contributed by atoms with Gasteiger partial charge in [0.25, 0.3) is 11.5 Å². The number of hydrogen-bond acceptors (Lipinski definition) is 5. The summed E-state index contributed by atoms with van der Waals surface area (Å²) in [6.45, 7) is 3.73. The lowest BCUT2D eigenvalue weighted by Crippen LogP contribution is -2.33. The molecule has 1 unspecified atom stereocenters. The van der Waals surface area contributed by atoms with Gasteiger partial charge in [-0.2, -0.15) is 5.10 Å². The van der Waals surface area contributed by atoms with E-state index in [4.69, 9.17) is 4.74 Å². The van der Waals surface area contributed by atoms with Gasteiger partial charge in [0.2, 0.25) is 0 Å². The maximum Gasteiger partial charge on any atom is 0.312 e. The lowest BCUT2D eigenvalue weighted by atomic mass is 10.1. The molecule has 1 amide bonds. The Balaban J connectivity index is 1.73. The molecule has 7 heteroatoms. The third-order valence-corrected chi connectivity index (χ3v) is 4.60. The molecule has 0 aliphatic carbocycles. The molecular weight excluding hydrogens is 370 g/mol. The number of hydrogen-bond donors (Lipinski definition) is 1. The first-order chi connectivity index (χ1) is 13.9. The van der Waals surface area contributed by atoms with Crippen molar-refractivity contribution in [3.8, 4) is 0 Å². The van der Waals surface area contributed by atoms with E-state index >= 15 is 0 Å². The largest absolute Gasteiger partial charge is 0.452 e. The zero-order valence-electron chi connectivity index (χ0n) is 16.6. The molecule has 0 bridgehead atoms. The molecule has 0 saturated heterocycles. The summed E-state index contributed by atoms with van der Waals surface area (Å²) in [4.78, 5) is 37.2. The van der Waals surface area contributed by atoms with Crippen LogP contribution in [0.5, 0.6) is 0 Å². The Labute approximate surface area is 168 Å². The Hall–Kier alpha value is -3.48. The van der Waals surface area contributed by atoms with Crippen LogP contribution in [-0.2, 0) is 27.8 Å². The van der Waals surface area contributed by atoms with Crippen LogP contribution in [0.2, 0.25) is 0 Å². The molecule has 0 aliphatic heterocycles. The third-order valence-electron chi connectivity index (χ3n) is 4.60. The van der Waals surface area contributed by atoms with Crippen LogP contribution >= 0.6 is 0 Å². The smallest absolute Gasteiger partial charge is 0.312 e. The first-order valence-electron chi connectivity index (χ1n) is 9.41. The van der Waals surface area contributed by atoms with Crippen molar-refractivity contribution in [2.75, 3.05) is 5.32 Å². The molecule has 2 aromatic carbocycles. The molecular formula is C22H23N3O4. The second-order valence-electron chi connectivity index (χ2n) is 6.84. The van der Waals surface area contributed by atoms with Gasteiger partial charge in [-0.05, 0) is 31.5 Å². The molecule has 1 aromatic heterocycles. The molecule has 150 valence electrons. The van der Waals surface area contributed by atoms with E-state index in [0.29, 0.717) is 28.6 Å². The molecule has 0 fully saturated rings. The highest BCUT2D eigenvalue weighted by atomic mass is 16.5. The average molecular weight is 393 g/mol. The molecule has 1 N–H and O–H groups in total. The van der Waals surface area contributed by atoms with E-state index in [0.717, 1.165) is 5.56 Å². The Bertz CT molecular complexity index is 1100. The topological polar surface area (TPSA) is 90.3 Å². The van der Waals surface area contributed by atoms with Crippen molar-refractivity contribution in [2.45, 2.75) is 32.8 Å². The summed E-state index contributed by atoms with van der Waals surface area (Å²) >= 11 is 0. The highest BCUT2D eigenvalue weighted by Crippen LogP contribution is 2.15. The average Bonchev–Trinajstić information content (AvgIpc) is 2.71. The van der Waals surface area contributed by atoms with E-state index < -0.39 is 12.1 Å². The second-order valence-corrected chi connectivity index (χ2v) is 6.84. The fourth-order valence-electron chi connectivity index (χ4n) is 3.03. The number of aryl methyl sites for hydroxylation is 2. The number of nitrogens with one attached hydrogen (secondary N) is 1. The minimum atomic E-state index is -0.914. The van der Waals surface area contributed by atoms with E-state index in [1.807, 2.05) is 19.1 Å². The fraction of sp³-hybridized carbons (Fsp3) is 0.273. The van der Waals surface area contributed by atoms with E-state index in [1.54, 1.807) is 43.3 Å². The van der Waals surface area contributed by atoms with Gasteiger partial charge >= 0.3 is 5.97 Å². The zero-order valence-corrected chi connectivity index (χ0v) is 16.6. The van der Waals surface area contributed by atoms with Crippen molar-refractivity contribution in [2.24, 2.45) is 7.05 Å². The van der Waals surface area contributed by atoms with Crippen molar-refractivity contribution in [3.05, 3.63) is 70.1 Å². The van der Waals surface area contributed by atoms with Crippen molar-refractivity contribution in [3.63, 3.8) is 0 Å². The SMILES string of the molecule is CCC(OC(=O)Cc1nn(C)c(=O)c2ccccc12)C(=O)Nc1ccc(C)cc1. The number of carbonyl (C=O) groups excluding carboxylic acids is 2. The van der Waals surface area contributed by atoms with E-state index in [2.05, 4.69) is 10.4 Å². The molecule has 0 radical (unpaired) electrons. The van der Waals surface area contributed by atoms with E-state index in [1.165, 1.54) is 11.7 Å². The number of aromatic nitrogens is 2. The molecule has 0 aliphatic rings. The Morgan fingerprint density at radius 3 is 2.41 bits per heavy atom. The molecule has 3 aromatic rings. The normalized spacial score (nSPS) is 11.8. The number of carbonyl (C=O) groups is 2. The molecule has 0 saturated carbocycles. The number of ether oxygens (including phenoxy) is 1. The van der Waals surface area contributed by atoms with Crippen molar-refractivity contribution >= 4 is 28.3 Å². The van der Waals surface area contributed by atoms with E-state index in [9.17, 15) is 14.4 Å². The minimum Gasteiger partial charge on any atom is -0.452 e. The first-order valence-corrected chi connectivity index (χ1v) is 9.41. The van der Waals surface area contributed by atoms with Crippen LogP contribution < -0.4 is 10.9 Å². The standard InChI is InChI=1S/C22H23N3O4/c1-4-19(21(27)23-15-11-9-14(2)10-12-15)29-20(26)13-18-16-7-5-6-8-17(16)22(28)25(3)24-18/h5-12,19H,4,13H2,1-3H3,(H,23,27). The minimum absolute atomic E-state index is 0.136. The Morgan fingerprint density at radius 2 is 1.76 bits per heavy atom. The van der Waals surface area contributed by atoms with Crippen molar-refractivity contribution in [1.29, 1.82) is 0 Å². The maximum atomic E-state index is 12.5. The number of nitrogens with zero attached hydrogens (tertiary/aromatic N) is 2. The van der Waals surface area contributed by atoms with Crippen LogP contribution in [0.15, 0.2) is 53.3 Å². The van der Waals surface area contributed by atoms with Crippen LogP contribution in [0.4, 0.5) is 5.69 Å². The summed E-state index contributed by atoms with van der Waals surface area (Å²) in [7, 11) is 1.54. The summed E-state index contributed by atoms with van der Waals surface area (Å²) in [5, 5.41) is 8.04. The lowest BCUT2D eigenvalue weighted by Gasteiger charge is -2.16. The summed E-state index contributed by atoms with van der Waals surface area (Å²) in [5.41, 5.74) is 1.92. The second kappa shape index (κ2) is 8.68. The number of amides is 1. The number of anilines is 1. The number of benzene rings is 2. The van der Waals surface area contributed by atoms with Gasteiger partial charge < -0.3 is 10.1 Å². The van der Waals surface area contributed by atoms with Crippen LogP contribution in [0, 0.1) is 6.92 Å². The van der Waals surface area contributed by atoms with Gasteiger partial charge in [0.05, 0.1) is 17.5 Å². The molecule has 29 heavy (non-hydrogen) atoms. The van der Waals surface area contributed by atoms with Gasteiger partial charge in [0.15, 0.2) is 6.10 Å². The summed E-state index contributed by atoms with van der Waals surface area (Å²) in [5.74, 6) is -0.963. The first kappa shape index (κ1) is 20.3. The van der Waals surface area contributed by atoms with Crippen LogP contribution in [0.3, 0.4) is 0 Å². The highest BCUT2D eigenvalue weighted by Gasteiger charge is 2.22. The summed E-state index contributed by atoms with van der Waals surface area (Å²) < 4.78 is 6.60. The fourth-order valence-corrected chi connectivity index (χ4v) is 3.03. The monoisotopic (exact) mass is 393 g/mol. The highest BCUT2D eigenvalue weighted by molar-refractivity contribution is 5.95. The summed E-state index contributed by atoms with van der Waals surface area (Å²) in [6, 6.07) is 14.3. The summed E-state index contributed by atoms with van der Waals surface area (Å²) in [6.07, 6.45) is -0.712. The Kier molecular flexibility index (Phi) is 6.07. The lowest BCUT2D eigenvalue weighted by molar-refractivity contribution is -0.153. The van der Waals surface area contributed by atoms with Gasteiger partial charge in [-0.25, -0.2) is 4.68 Å². The predicted molar refractivity (Wildman–Crippen MR) is 111 cm³/mol. The quantitative estimate of drug-likeness (QED) is 0.651. The molecule has 1 atom stereocenters. The van der Waals surface area contributed by atoms with Crippen LogP contribution in [0.1, 0.15) is 24.6 Å². The van der Waals surface area contributed by atoms with Gasteiger partial charge in [-0.3, -0.25) is 14.4 Å². The van der Waals surface area contributed by atoms with Crippen molar-refractivity contribution < 1.29 is 14.3 Å².